The van der Waals surface area contributed by atoms with Crippen LogP contribution in [0.25, 0.3) is 10.9 Å². The molecule has 1 fully saturated rings. The molecule has 0 N–H and O–H groups in total. The zero-order chi connectivity index (χ0) is 12.7. The summed E-state index contributed by atoms with van der Waals surface area (Å²) in [5, 5.41) is 1.58. The van der Waals surface area contributed by atoms with E-state index in [4.69, 9.17) is 21.1 Å². The van der Waals surface area contributed by atoms with Crippen molar-refractivity contribution in [2.75, 3.05) is 14.2 Å². The van der Waals surface area contributed by atoms with E-state index in [9.17, 15) is 0 Å². The molecule has 1 aromatic carbocycles. The Morgan fingerprint density at radius 2 is 1.94 bits per heavy atom. The molecule has 0 unspecified atom stereocenters. The van der Waals surface area contributed by atoms with Gasteiger partial charge in [0.15, 0.2) is 0 Å². The molecule has 1 saturated carbocycles. The normalized spacial score (nSPS) is 14.8. The minimum absolute atomic E-state index is 0.568. The smallest absolute Gasteiger partial charge is 0.148 e. The second-order valence-corrected chi connectivity index (χ2v) is 4.94. The first kappa shape index (κ1) is 11.6. The van der Waals surface area contributed by atoms with E-state index >= 15 is 0 Å². The van der Waals surface area contributed by atoms with Gasteiger partial charge in [0.2, 0.25) is 0 Å². The van der Waals surface area contributed by atoms with Crippen LogP contribution in [0, 0.1) is 0 Å². The topological polar surface area (TPSA) is 31.4 Å². The number of methoxy groups -OCH3 is 2. The van der Waals surface area contributed by atoms with Crippen molar-refractivity contribution in [3.8, 4) is 11.5 Å². The van der Waals surface area contributed by atoms with Gasteiger partial charge in [-0.2, -0.15) is 0 Å². The van der Waals surface area contributed by atoms with Crippen molar-refractivity contribution >= 4 is 22.5 Å². The Labute approximate surface area is 111 Å². The molecule has 3 nitrogen and oxygen atoms in total. The fourth-order valence-corrected chi connectivity index (χ4v) is 2.37. The van der Waals surface area contributed by atoms with E-state index in [2.05, 4.69) is 4.98 Å². The first-order chi connectivity index (χ1) is 8.72. The molecule has 0 saturated heterocycles. The number of fused-ring (bicyclic) bond motifs is 1. The van der Waals surface area contributed by atoms with Crippen molar-refractivity contribution in [2.24, 2.45) is 0 Å². The first-order valence-electron chi connectivity index (χ1n) is 5.95. The molecule has 1 heterocycles. The zero-order valence-electron chi connectivity index (χ0n) is 10.4. The lowest BCUT2D eigenvalue weighted by atomic mass is 10.1. The number of benzene rings is 1. The molecular weight excluding hydrogens is 250 g/mol. The lowest BCUT2D eigenvalue weighted by molar-refractivity contribution is 0.397. The quantitative estimate of drug-likeness (QED) is 0.844. The standard InChI is InChI=1S/C14H14ClNO2/c1-17-9-5-10-11(15)7-12(8-3-4-8)16-14(10)13(6-9)18-2/h5-8H,3-4H2,1-2H3. The Morgan fingerprint density at radius 3 is 2.56 bits per heavy atom. The Bertz CT molecular complexity index is 608. The molecule has 4 heteroatoms. The number of hydrogen-bond donors (Lipinski definition) is 0. The van der Waals surface area contributed by atoms with Crippen LogP contribution in [0.3, 0.4) is 0 Å². The number of hydrogen-bond acceptors (Lipinski definition) is 3. The van der Waals surface area contributed by atoms with Crippen LogP contribution in [0.1, 0.15) is 24.5 Å². The summed E-state index contributed by atoms with van der Waals surface area (Å²) in [6.45, 7) is 0. The lowest BCUT2D eigenvalue weighted by Crippen LogP contribution is -1.94. The number of pyridine rings is 1. The van der Waals surface area contributed by atoms with Crippen LogP contribution in [-0.2, 0) is 0 Å². The van der Waals surface area contributed by atoms with Crippen LogP contribution in [0.5, 0.6) is 11.5 Å². The van der Waals surface area contributed by atoms with Crippen molar-refractivity contribution in [1.29, 1.82) is 0 Å². The summed E-state index contributed by atoms with van der Waals surface area (Å²) >= 11 is 6.34. The average molecular weight is 264 g/mol. The molecule has 0 spiro atoms. The molecule has 0 radical (unpaired) electrons. The monoisotopic (exact) mass is 263 g/mol. The lowest BCUT2D eigenvalue weighted by Gasteiger charge is -2.10. The van der Waals surface area contributed by atoms with E-state index in [0.717, 1.165) is 22.3 Å². The van der Waals surface area contributed by atoms with Gasteiger partial charge >= 0.3 is 0 Å². The van der Waals surface area contributed by atoms with Crippen molar-refractivity contribution < 1.29 is 9.47 Å². The number of nitrogens with zero attached hydrogens (tertiary/aromatic N) is 1. The highest BCUT2D eigenvalue weighted by molar-refractivity contribution is 6.35. The van der Waals surface area contributed by atoms with Gasteiger partial charge < -0.3 is 9.47 Å². The van der Waals surface area contributed by atoms with Crippen LogP contribution in [0.4, 0.5) is 0 Å². The predicted molar refractivity (Wildman–Crippen MR) is 71.8 cm³/mol. The van der Waals surface area contributed by atoms with Crippen molar-refractivity contribution in [3.05, 3.63) is 28.9 Å². The van der Waals surface area contributed by atoms with Crippen molar-refractivity contribution in [2.45, 2.75) is 18.8 Å². The van der Waals surface area contributed by atoms with Gasteiger partial charge in [0.1, 0.15) is 17.0 Å². The van der Waals surface area contributed by atoms with Gasteiger partial charge in [-0.05, 0) is 25.0 Å². The van der Waals surface area contributed by atoms with E-state index in [0.29, 0.717) is 16.7 Å². The molecule has 1 aliphatic rings. The van der Waals surface area contributed by atoms with Crippen LogP contribution >= 0.6 is 11.6 Å². The van der Waals surface area contributed by atoms with Crippen LogP contribution in [0.2, 0.25) is 5.02 Å². The summed E-state index contributed by atoms with van der Waals surface area (Å²) in [7, 11) is 3.26. The summed E-state index contributed by atoms with van der Waals surface area (Å²) in [5.41, 5.74) is 1.88. The van der Waals surface area contributed by atoms with E-state index in [1.54, 1.807) is 14.2 Å². The van der Waals surface area contributed by atoms with Gasteiger partial charge in [-0.15, -0.1) is 0 Å². The fraction of sp³-hybridized carbons (Fsp3) is 0.357. The molecule has 3 rings (SSSR count). The molecule has 94 valence electrons. The van der Waals surface area contributed by atoms with E-state index in [-0.39, 0.29) is 0 Å². The maximum Gasteiger partial charge on any atom is 0.148 e. The average Bonchev–Trinajstić information content (AvgIpc) is 3.22. The Kier molecular flexibility index (Phi) is 2.78. The summed E-state index contributed by atoms with van der Waals surface area (Å²) in [6, 6.07) is 5.69. The Hall–Kier alpha value is -1.48. The summed E-state index contributed by atoms with van der Waals surface area (Å²) in [4.78, 5) is 4.68. The molecule has 1 aromatic heterocycles. The zero-order valence-corrected chi connectivity index (χ0v) is 11.1. The molecule has 0 amide bonds. The van der Waals surface area contributed by atoms with Gasteiger partial charge in [0.05, 0.1) is 19.2 Å². The van der Waals surface area contributed by atoms with E-state index in [1.165, 1.54) is 12.8 Å². The summed E-state index contributed by atoms with van der Waals surface area (Å²) < 4.78 is 10.6. The van der Waals surface area contributed by atoms with Gasteiger partial charge in [0, 0.05) is 23.1 Å². The highest BCUT2D eigenvalue weighted by atomic mass is 35.5. The highest BCUT2D eigenvalue weighted by Gasteiger charge is 2.26. The fourth-order valence-electron chi connectivity index (χ4n) is 2.11. The maximum absolute atomic E-state index is 6.34. The van der Waals surface area contributed by atoms with Crippen molar-refractivity contribution in [3.63, 3.8) is 0 Å². The van der Waals surface area contributed by atoms with E-state index < -0.39 is 0 Å². The molecular formula is C14H14ClNO2. The Balaban J connectivity index is 2.27. The number of ether oxygens (including phenoxy) is 2. The minimum atomic E-state index is 0.568. The number of aromatic nitrogens is 1. The molecule has 18 heavy (non-hydrogen) atoms. The third-order valence-corrected chi connectivity index (χ3v) is 3.59. The molecule has 0 aliphatic heterocycles. The minimum Gasteiger partial charge on any atom is -0.497 e. The van der Waals surface area contributed by atoms with Crippen LogP contribution in [0.15, 0.2) is 18.2 Å². The molecule has 2 aromatic rings. The SMILES string of the molecule is COc1cc(OC)c2nc(C3CC3)cc(Cl)c2c1. The second kappa shape index (κ2) is 4.32. The number of rotatable bonds is 3. The van der Waals surface area contributed by atoms with Crippen LogP contribution < -0.4 is 9.47 Å². The van der Waals surface area contributed by atoms with Crippen molar-refractivity contribution in [1.82, 2.24) is 4.98 Å². The highest BCUT2D eigenvalue weighted by Crippen LogP contribution is 2.42. The third kappa shape index (κ3) is 1.89. The summed E-state index contributed by atoms with van der Waals surface area (Å²) in [5.74, 6) is 2.00. The summed E-state index contributed by atoms with van der Waals surface area (Å²) in [6.07, 6.45) is 2.40. The largest absolute Gasteiger partial charge is 0.497 e. The molecule has 0 bridgehead atoms. The predicted octanol–water partition coefficient (Wildman–Crippen LogP) is 3.78. The maximum atomic E-state index is 6.34. The number of halogens is 1. The van der Waals surface area contributed by atoms with Gasteiger partial charge in [-0.1, -0.05) is 11.6 Å². The van der Waals surface area contributed by atoms with E-state index in [1.807, 2.05) is 18.2 Å². The van der Waals surface area contributed by atoms with Gasteiger partial charge in [0.25, 0.3) is 0 Å². The first-order valence-corrected chi connectivity index (χ1v) is 6.33. The van der Waals surface area contributed by atoms with Gasteiger partial charge in [-0.25, -0.2) is 4.98 Å². The Morgan fingerprint density at radius 1 is 1.17 bits per heavy atom. The van der Waals surface area contributed by atoms with Crippen LogP contribution in [-0.4, -0.2) is 19.2 Å². The molecule has 1 aliphatic carbocycles. The second-order valence-electron chi connectivity index (χ2n) is 4.53. The molecule has 0 atom stereocenters. The third-order valence-electron chi connectivity index (χ3n) is 3.27. The van der Waals surface area contributed by atoms with Gasteiger partial charge in [-0.3, -0.25) is 0 Å².